The average Bonchev–Trinajstić information content (AvgIpc) is 2.74. The van der Waals surface area contributed by atoms with Crippen LogP contribution in [0, 0.1) is 13.8 Å². The van der Waals surface area contributed by atoms with Gasteiger partial charge in [-0.15, -0.1) is 0 Å². The van der Waals surface area contributed by atoms with Crippen molar-refractivity contribution in [1.82, 2.24) is 20.1 Å². The van der Waals surface area contributed by atoms with Gasteiger partial charge in [0, 0.05) is 36.2 Å². The molecule has 0 aliphatic heterocycles. The van der Waals surface area contributed by atoms with Crippen molar-refractivity contribution in [3.05, 3.63) is 47.0 Å². The molecule has 0 saturated carbocycles. The number of hydrogen-bond donors (Lipinski definition) is 1. The molecule has 2 rings (SSSR count). The lowest BCUT2D eigenvalue weighted by Crippen LogP contribution is -2.22. The van der Waals surface area contributed by atoms with Gasteiger partial charge in [0.2, 0.25) is 0 Å². The van der Waals surface area contributed by atoms with Crippen LogP contribution in [-0.2, 0) is 13.0 Å². The van der Waals surface area contributed by atoms with Gasteiger partial charge in [-0.3, -0.25) is 9.67 Å². The Morgan fingerprint density at radius 3 is 2.55 bits per heavy atom. The Bertz CT molecular complexity index is 545. The fourth-order valence-corrected chi connectivity index (χ4v) is 2.73. The molecule has 4 heteroatoms. The number of aryl methyl sites for hydroxylation is 2. The number of nitrogens with one attached hydrogen (secondary N) is 1. The van der Waals surface area contributed by atoms with E-state index in [-0.39, 0.29) is 0 Å². The second kappa shape index (κ2) is 6.66. The summed E-state index contributed by atoms with van der Waals surface area (Å²) in [5, 5.41) is 8.18. The summed E-state index contributed by atoms with van der Waals surface area (Å²) in [6.45, 7) is 10.5. The highest BCUT2D eigenvalue weighted by Crippen LogP contribution is 2.21. The molecule has 0 aromatic carbocycles. The zero-order valence-electron chi connectivity index (χ0n) is 12.8. The topological polar surface area (TPSA) is 42.7 Å². The molecule has 108 valence electrons. The smallest absolute Gasteiger partial charge is 0.0644 e. The monoisotopic (exact) mass is 272 g/mol. The van der Waals surface area contributed by atoms with Gasteiger partial charge in [-0.2, -0.15) is 5.10 Å². The Kier molecular flexibility index (Phi) is 4.90. The number of pyridine rings is 1. The molecule has 20 heavy (non-hydrogen) atoms. The van der Waals surface area contributed by atoms with E-state index in [4.69, 9.17) is 0 Å². The van der Waals surface area contributed by atoms with Gasteiger partial charge in [-0.05, 0) is 58.4 Å². The lowest BCUT2D eigenvalue weighted by molar-refractivity contribution is 0.568. The molecule has 2 aromatic rings. The Labute approximate surface area is 121 Å². The molecule has 0 radical (unpaired) electrons. The van der Waals surface area contributed by atoms with Crippen molar-refractivity contribution < 1.29 is 0 Å². The van der Waals surface area contributed by atoms with Crippen LogP contribution in [0.4, 0.5) is 0 Å². The second-order valence-corrected chi connectivity index (χ2v) is 5.18. The first kappa shape index (κ1) is 14.7. The minimum absolute atomic E-state index is 0.331. The molecule has 4 nitrogen and oxygen atoms in total. The molecule has 0 spiro atoms. The number of rotatable bonds is 6. The van der Waals surface area contributed by atoms with Crippen LogP contribution in [-0.4, -0.2) is 21.3 Å². The lowest BCUT2D eigenvalue weighted by Gasteiger charge is -2.15. The summed E-state index contributed by atoms with van der Waals surface area (Å²) in [5.41, 5.74) is 5.06. The van der Waals surface area contributed by atoms with E-state index >= 15 is 0 Å². The Morgan fingerprint density at radius 2 is 1.95 bits per heavy atom. The molecule has 0 bridgehead atoms. The van der Waals surface area contributed by atoms with Crippen LogP contribution in [0.15, 0.2) is 24.5 Å². The fourth-order valence-electron chi connectivity index (χ4n) is 2.73. The van der Waals surface area contributed by atoms with E-state index in [1.807, 2.05) is 12.4 Å². The third kappa shape index (κ3) is 3.25. The molecular weight excluding hydrogens is 248 g/mol. The highest BCUT2D eigenvalue weighted by Gasteiger charge is 2.16. The normalized spacial score (nSPS) is 12.6. The van der Waals surface area contributed by atoms with Crippen molar-refractivity contribution in [2.45, 2.75) is 46.7 Å². The van der Waals surface area contributed by atoms with Crippen molar-refractivity contribution in [2.75, 3.05) is 6.54 Å². The van der Waals surface area contributed by atoms with E-state index in [1.165, 1.54) is 16.8 Å². The maximum atomic E-state index is 4.58. The van der Waals surface area contributed by atoms with E-state index in [0.29, 0.717) is 6.04 Å². The van der Waals surface area contributed by atoms with Gasteiger partial charge >= 0.3 is 0 Å². The SMILES string of the molecule is CCn1nc(C)c(C(C)NCCc2ccncc2)c1C. The zero-order chi connectivity index (χ0) is 14.5. The highest BCUT2D eigenvalue weighted by molar-refractivity contribution is 5.27. The first-order valence-corrected chi connectivity index (χ1v) is 7.29. The van der Waals surface area contributed by atoms with Crippen LogP contribution < -0.4 is 5.32 Å². The lowest BCUT2D eigenvalue weighted by atomic mass is 10.1. The molecule has 1 unspecified atom stereocenters. The summed E-state index contributed by atoms with van der Waals surface area (Å²) in [7, 11) is 0. The van der Waals surface area contributed by atoms with Gasteiger partial charge in [-0.1, -0.05) is 0 Å². The second-order valence-electron chi connectivity index (χ2n) is 5.18. The summed E-state index contributed by atoms with van der Waals surface area (Å²) in [4.78, 5) is 4.04. The summed E-state index contributed by atoms with van der Waals surface area (Å²) < 4.78 is 2.08. The summed E-state index contributed by atoms with van der Waals surface area (Å²) >= 11 is 0. The molecule has 0 amide bonds. The first-order chi connectivity index (χ1) is 9.63. The predicted molar refractivity (Wildman–Crippen MR) is 81.7 cm³/mol. The Balaban J connectivity index is 1.95. The minimum atomic E-state index is 0.331. The fraction of sp³-hybridized carbons (Fsp3) is 0.500. The molecule has 0 saturated heterocycles. The van der Waals surface area contributed by atoms with Gasteiger partial charge in [0.05, 0.1) is 5.69 Å². The third-order valence-corrected chi connectivity index (χ3v) is 3.78. The van der Waals surface area contributed by atoms with Gasteiger partial charge in [0.15, 0.2) is 0 Å². The van der Waals surface area contributed by atoms with Crippen molar-refractivity contribution in [3.63, 3.8) is 0 Å². The Hall–Kier alpha value is -1.68. The Morgan fingerprint density at radius 1 is 1.25 bits per heavy atom. The van der Waals surface area contributed by atoms with Crippen LogP contribution in [0.1, 0.15) is 42.4 Å². The number of nitrogens with zero attached hydrogens (tertiary/aromatic N) is 3. The zero-order valence-corrected chi connectivity index (χ0v) is 12.8. The van der Waals surface area contributed by atoms with Crippen LogP contribution in [0.2, 0.25) is 0 Å². The van der Waals surface area contributed by atoms with E-state index in [2.05, 4.69) is 59.9 Å². The molecule has 0 aliphatic rings. The first-order valence-electron chi connectivity index (χ1n) is 7.29. The molecule has 1 N–H and O–H groups in total. The molecule has 1 atom stereocenters. The largest absolute Gasteiger partial charge is 0.310 e. The van der Waals surface area contributed by atoms with Crippen molar-refractivity contribution in [1.29, 1.82) is 0 Å². The molecule has 0 fully saturated rings. The average molecular weight is 272 g/mol. The van der Waals surface area contributed by atoms with Crippen LogP contribution in [0.5, 0.6) is 0 Å². The maximum absolute atomic E-state index is 4.58. The predicted octanol–water partition coefficient (Wildman–Crippen LogP) is 2.81. The summed E-state index contributed by atoms with van der Waals surface area (Å²) in [6.07, 6.45) is 4.71. The van der Waals surface area contributed by atoms with Gasteiger partial charge in [0.25, 0.3) is 0 Å². The quantitative estimate of drug-likeness (QED) is 0.879. The van der Waals surface area contributed by atoms with E-state index in [9.17, 15) is 0 Å². The van der Waals surface area contributed by atoms with Gasteiger partial charge < -0.3 is 5.32 Å². The van der Waals surface area contributed by atoms with Crippen LogP contribution >= 0.6 is 0 Å². The maximum Gasteiger partial charge on any atom is 0.0644 e. The van der Waals surface area contributed by atoms with Crippen molar-refractivity contribution in [3.8, 4) is 0 Å². The van der Waals surface area contributed by atoms with Crippen LogP contribution in [0.25, 0.3) is 0 Å². The van der Waals surface area contributed by atoms with E-state index in [0.717, 1.165) is 25.2 Å². The minimum Gasteiger partial charge on any atom is -0.310 e. The summed E-state index contributed by atoms with van der Waals surface area (Å²) in [5.74, 6) is 0. The van der Waals surface area contributed by atoms with Crippen molar-refractivity contribution >= 4 is 0 Å². The summed E-state index contributed by atoms with van der Waals surface area (Å²) in [6, 6.07) is 4.47. The standard InChI is InChI=1S/C16H24N4/c1-5-20-14(4)16(13(3)19-20)12(2)18-11-8-15-6-9-17-10-7-15/h6-7,9-10,12,18H,5,8,11H2,1-4H3. The van der Waals surface area contributed by atoms with E-state index < -0.39 is 0 Å². The van der Waals surface area contributed by atoms with Gasteiger partial charge in [-0.25, -0.2) is 0 Å². The van der Waals surface area contributed by atoms with Crippen LogP contribution in [0.3, 0.4) is 0 Å². The van der Waals surface area contributed by atoms with Crippen molar-refractivity contribution in [2.24, 2.45) is 0 Å². The molecule has 2 aromatic heterocycles. The molecule has 2 heterocycles. The third-order valence-electron chi connectivity index (χ3n) is 3.78. The number of aromatic nitrogens is 3. The highest BCUT2D eigenvalue weighted by atomic mass is 15.3. The number of hydrogen-bond acceptors (Lipinski definition) is 3. The van der Waals surface area contributed by atoms with E-state index in [1.54, 1.807) is 0 Å². The van der Waals surface area contributed by atoms with Gasteiger partial charge in [0.1, 0.15) is 0 Å². The molecule has 0 aliphatic carbocycles. The molecular formula is C16H24N4.